The van der Waals surface area contributed by atoms with Gasteiger partial charge < -0.3 is 14.5 Å². The van der Waals surface area contributed by atoms with Crippen LogP contribution in [0.2, 0.25) is 0 Å². The summed E-state index contributed by atoms with van der Waals surface area (Å²) in [4.78, 5) is 16.2. The Morgan fingerprint density at radius 3 is 2.62 bits per heavy atom. The maximum absolute atomic E-state index is 12.3. The number of morpholine rings is 1. The van der Waals surface area contributed by atoms with E-state index in [1.54, 1.807) is 11.8 Å². The fourth-order valence-electron chi connectivity index (χ4n) is 2.49. The van der Waals surface area contributed by atoms with E-state index in [1.807, 2.05) is 7.05 Å². The molecule has 122 valence electrons. The molecule has 2 rings (SSSR count). The van der Waals surface area contributed by atoms with Crippen molar-refractivity contribution in [3.8, 4) is 0 Å². The average Bonchev–Trinajstić information content (AvgIpc) is 3.21. The lowest BCUT2D eigenvalue weighted by molar-refractivity contribution is -0.132. The zero-order valence-electron chi connectivity index (χ0n) is 13.0. The highest BCUT2D eigenvalue weighted by molar-refractivity contribution is 7.92. The lowest BCUT2D eigenvalue weighted by atomic mass is 10.2. The lowest BCUT2D eigenvalue weighted by Crippen LogP contribution is -2.49. The van der Waals surface area contributed by atoms with Crippen molar-refractivity contribution in [3.05, 3.63) is 0 Å². The predicted octanol–water partition coefficient (Wildman–Crippen LogP) is -0.00970. The number of rotatable bonds is 7. The van der Waals surface area contributed by atoms with E-state index in [1.165, 1.54) is 0 Å². The normalized spacial score (nSPS) is 24.0. The third-order valence-corrected chi connectivity index (χ3v) is 5.64. The zero-order valence-corrected chi connectivity index (χ0v) is 13.8. The first-order valence-corrected chi connectivity index (χ1v) is 9.50. The predicted molar refractivity (Wildman–Crippen MR) is 80.9 cm³/mol. The molecule has 0 radical (unpaired) electrons. The number of sulfone groups is 1. The molecule has 7 heteroatoms. The lowest BCUT2D eigenvalue weighted by Gasteiger charge is -2.34. The molecular formula is C14H26N2O4S. The summed E-state index contributed by atoms with van der Waals surface area (Å²) in [6.45, 7) is 5.10. The molecule has 1 aliphatic heterocycles. The summed E-state index contributed by atoms with van der Waals surface area (Å²) in [6, 6.07) is 0. The highest BCUT2D eigenvalue weighted by Gasteiger charge is 2.31. The first-order valence-electron chi connectivity index (χ1n) is 7.68. The summed E-state index contributed by atoms with van der Waals surface area (Å²) in [5, 5.41) is 0. The molecule has 1 saturated carbocycles. The van der Waals surface area contributed by atoms with E-state index >= 15 is 0 Å². The van der Waals surface area contributed by atoms with E-state index in [9.17, 15) is 13.2 Å². The smallest absolute Gasteiger partial charge is 0.237 e. The van der Waals surface area contributed by atoms with Crippen LogP contribution >= 0.6 is 0 Å². The van der Waals surface area contributed by atoms with Crippen LogP contribution in [0.3, 0.4) is 0 Å². The molecule has 0 aromatic heterocycles. The second-order valence-corrected chi connectivity index (χ2v) is 8.53. The molecule has 1 atom stereocenters. The van der Waals surface area contributed by atoms with E-state index in [0.29, 0.717) is 25.6 Å². The Labute approximate surface area is 127 Å². The van der Waals surface area contributed by atoms with Gasteiger partial charge in [-0.25, -0.2) is 8.42 Å². The molecule has 2 fully saturated rings. The zero-order chi connectivity index (χ0) is 15.5. The highest BCUT2D eigenvalue weighted by Crippen LogP contribution is 2.30. The van der Waals surface area contributed by atoms with E-state index in [4.69, 9.17) is 4.74 Å². The van der Waals surface area contributed by atoms with Crippen LogP contribution in [-0.4, -0.2) is 81.6 Å². The fourth-order valence-corrected chi connectivity index (χ4v) is 3.26. The molecular weight excluding hydrogens is 292 g/mol. The monoisotopic (exact) mass is 318 g/mol. The van der Waals surface area contributed by atoms with Crippen LogP contribution in [0, 0.1) is 5.92 Å². The molecule has 1 amide bonds. The number of nitrogens with zero attached hydrogens (tertiary/aromatic N) is 2. The van der Waals surface area contributed by atoms with Crippen molar-refractivity contribution < 1.29 is 17.9 Å². The van der Waals surface area contributed by atoms with Gasteiger partial charge >= 0.3 is 0 Å². The number of carbonyl (C=O) groups excluding carboxylic acids is 1. The molecule has 0 bridgehead atoms. The van der Waals surface area contributed by atoms with Gasteiger partial charge in [0, 0.05) is 31.9 Å². The van der Waals surface area contributed by atoms with Gasteiger partial charge in [-0.3, -0.25) is 4.79 Å². The average molecular weight is 318 g/mol. The van der Waals surface area contributed by atoms with Gasteiger partial charge in [0.1, 0.15) is 5.75 Å². The minimum absolute atomic E-state index is 0.0126. The molecule has 21 heavy (non-hydrogen) atoms. The molecule has 1 aliphatic carbocycles. The van der Waals surface area contributed by atoms with Crippen molar-refractivity contribution in [2.45, 2.75) is 25.9 Å². The van der Waals surface area contributed by atoms with Gasteiger partial charge in [-0.15, -0.1) is 0 Å². The topological polar surface area (TPSA) is 66.9 Å². The van der Waals surface area contributed by atoms with Crippen molar-refractivity contribution in [2.24, 2.45) is 5.92 Å². The standard InChI is InChI=1S/C14H26N2O4S/c1-3-21(18,19)11-14(17)16(8-12-4-5-12)10-13-9-15(2)6-7-20-13/h12-13H,3-11H2,1-2H3. The third-order valence-electron chi connectivity index (χ3n) is 4.08. The van der Waals surface area contributed by atoms with Crippen LogP contribution in [-0.2, 0) is 19.4 Å². The second kappa shape index (κ2) is 7.07. The van der Waals surface area contributed by atoms with Crippen LogP contribution in [0.1, 0.15) is 19.8 Å². The number of ether oxygens (including phenoxy) is 1. The quantitative estimate of drug-likeness (QED) is 0.660. The summed E-state index contributed by atoms with van der Waals surface area (Å²) in [7, 11) is -1.24. The number of carbonyl (C=O) groups is 1. The summed E-state index contributed by atoms with van der Waals surface area (Å²) < 4.78 is 29.0. The maximum Gasteiger partial charge on any atom is 0.237 e. The largest absolute Gasteiger partial charge is 0.374 e. The Morgan fingerprint density at radius 2 is 2.05 bits per heavy atom. The fraction of sp³-hybridized carbons (Fsp3) is 0.929. The Morgan fingerprint density at radius 1 is 1.33 bits per heavy atom. The molecule has 1 heterocycles. The Kier molecular flexibility index (Phi) is 5.62. The van der Waals surface area contributed by atoms with Gasteiger partial charge in [0.15, 0.2) is 9.84 Å². The van der Waals surface area contributed by atoms with Crippen molar-refractivity contribution in [2.75, 3.05) is 51.3 Å². The molecule has 0 aromatic carbocycles. The Balaban J connectivity index is 1.94. The van der Waals surface area contributed by atoms with Gasteiger partial charge in [-0.2, -0.15) is 0 Å². The first kappa shape index (κ1) is 16.7. The molecule has 0 spiro atoms. The molecule has 2 aliphatic rings. The Bertz CT molecular complexity index is 462. The molecule has 6 nitrogen and oxygen atoms in total. The third kappa shape index (κ3) is 5.56. The molecule has 0 aromatic rings. The highest BCUT2D eigenvalue weighted by atomic mass is 32.2. The minimum Gasteiger partial charge on any atom is -0.374 e. The van der Waals surface area contributed by atoms with Crippen LogP contribution in [0.4, 0.5) is 0 Å². The molecule has 1 unspecified atom stereocenters. The van der Waals surface area contributed by atoms with Crippen molar-refractivity contribution in [1.29, 1.82) is 0 Å². The van der Waals surface area contributed by atoms with E-state index in [2.05, 4.69) is 4.90 Å². The summed E-state index contributed by atoms with van der Waals surface area (Å²) in [5.41, 5.74) is 0. The molecule has 0 N–H and O–H groups in total. The van der Waals surface area contributed by atoms with Gasteiger partial charge in [-0.05, 0) is 25.8 Å². The number of amides is 1. The summed E-state index contributed by atoms with van der Waals surface area (Å²) >= 11 is 0. The first-order chi connectivity index (χ1) is 9.89. The van der Waals surface area contributed by atoms with Gasteiger partial charge in [-0.1, -0.05) is 6.92 Å². The van der Waals surface area contributed by atoms with Crippen LogP contribution in [0.25, 0.3) is 0 Å². The van der Waals surface area contributed by atoms with Crippen LogP contribution in [0.5, 0.6) is 0 Å². The maximum atomic E-state index is 12.3. The van der Waals surface area contributed by atoms with Crippen molar-refractivity contribution in [1.82, 2.24) is 9.80 Å². The molecule has 1 saturated heterocycles. The summed E-state index contributed by atoms with van der Waals surface area (Å²) in [6.07, 6.45) is 2.25. The van der Waals surface area contributed by atoms with Crippen molar-refractivity contribution in [3.63, 3.8) is 0 Å². The minimum atomic E-state index is -3.27. The van der Waals surface area contributed by atoms with Gasteiger partial charge in [0.05, 0.1) is 12.7 Å². The van der Waals surface area contributed by atoms with E-state index < -0.39 is 9.84 Å². The van der Waals surface area contributed by atoms with E-state index in [0.717, 1.165) is 25.9 Å². The van der Waals surface area contributed by atoms with Crippen molar-refractivity contribution >= 4 is 15.7 Å². The number of hydrogen-bond acceptors (Lipinski definition) is 5. The van der Waals surface area contributed by atoms with E-state index in [-0.39, 0.29) is 23.5 Å². The number of likely N-dealkylation sites (N-methyl/N-ethyl adjacent to an activating group) is 1. The second-order valence-electron chi connectivity index (χ2n) is 6.17. The SMILES string of the molecule is CCS(=O)(=O)CC(=O)N(CC1CC1)CC1CN(C)CCO1. The van der Waals surface area contributed by atoms with Crippen LogP contribution < -0.4 is 0 Å². The number of hydrogen-bond donors (Lipinski definition) is 0. The van der Waals surface area contributed by atoms with Gasteiger partial charge in [0.25, 0.3) is 0 Å². The van der Waals surface area contributed by atoms with Crippen LogP contribution in [0.15, 0.2) is 0 Å². The van der Waals surface area contributed by atoms with Gasteiger partial charge in [0.2, 0.25) is 5.91 Å². The Hall–Kier alpha value is -0.660. The summed E-state index contributed by atoms with van der Waals surface area (Å²) in [5.74, 6) is -0.0996.